The van der Waals surface area contributed by atoms with E-state index in [0.29, 0.717) is 22.7 Å². The van der Waals surface area contributed by atoms with Crippen molar-refractivity contribution in [1.29, 1.82) is 0 Å². The molecule has 0 aliphatic carbocycles. The zero-order valence-electron chi connectivity index (χ0n) is 14.5. The molecule has 0 fully saturated rings. The van der Waals surface area contributed by atoms with E-state index in [4.69, 9.17) is 40.4 Å². The van der Waals surface area contributed by atoms with Crippen LogP contribution in [0, 0.1) is 0 Å². The molecule has 0 aliphatic rings. The lowest BCUT2D eigenvalue weighted by Crippen LogP contribution is -2.27. The number of nitrogen functional groups attached to an aromatic ring is 2. The summed E-state index contributed by atoms with van der Waals surface area (Å²) in [4.78, 5) is 26.2. The summed E-state index contributed by atoms with van der Waals surface area (Å²) in [6, 6.07) is 15.6. The third-order valence-electron chi connectivity index (χ3n) is 4.02. The number of halogens is 2. The van der Waals surface area contributed by atoms with Crippen molar-refractivity contribution < 1.29 is 9.59 Å². The van der Waals surface area contributed by atoms with Crippen LogP contribution in [0.25, 0.3) is 0 Å². The lowest BCUT2D eigenvalue weighted by atomic mass is 10.1. The van der Waals surface area contributed by atoms with Gasteiger partial charge in [-0.2, -0.15) is 0 Å². The summed E-state index contributed by atoms with van der Waals surface area (Å²) in [6.07, 6.45) is 0. The molecule has 0 aromatic heterocycles. The zero-order chi connectivity index (χ0) is 20.4. The molecule has 0 saturated heterocycles. The number of nitrogens with two attached hydrogens (primary N) is 3. The van der Waals surface area contributed by atoms with Crippen LogP contribution >= 0.6 is 23.2 Å². The third-order valence-corrected chi connectivity index (χ3v) is 4.63. The van der Waals surface area contributed by atoms with E-state index in [-0.39, 0.29) is 21.2 Å². The number of anilines is 4. The molecule has 0 spiro atoms. The van der Waals surface area contributed by atoms with Crippen molar-refractivity contribution >= 4 is 57.8 Å². The van der Waals surface area contributed by atoms with Gasteiger partial charge in [-0.3, -0.25) is 14.5 Å². The normalized spacial score (nSPS) is 10.5. The maximum absolute atomic E-state index is 13.4. The van der Waals surface area contributed by atoms with Crippen molar-refractivity contribution in [2.24, 2.45) is 5.73 Å². The predicted octanol–water partition coefficient (Wildman–Crippen LogP) is 4.24. The molecule has 6 nitrogen and oxygen atoms in total. The summed E-state index contributed by atoms with van der Waals surface area (Å²) < 4.78 is 0. The van der Waals surface area contributed by atoms with Gasteiger partial charge in [-0.25, -0.2) is 0 Å². The Morgan fingerprint density at radius 1 is 0.750 bits per heavy atom. The highest BCUT2D eigenvalue weighted by molar-refractivity contribution is 6.37. The maximum Gasteiger partial charge on any atom is 0.262 e. The van der Waals surface area contributed by atoms with Crippen molar-refractivity contribution in [3.8, 4) is 0 Å². The fourth-order valence-electron chi connectivity index (χ4n) is 2.69. The van der Waals surface area contributed by atoms with E-state index >= 15 is 0 Å². The van der Waals surface area contributed by atoms with Gasteiger partial charge in [0, 0.05) is 22.5 Å². The fourth-order valence-corrected chi connectivity index (χ4v) is 3.24. The highest BCUT2D eigenvalue weighted by atomic mass is 35.5. The monoisotopic (exact) mass is 414 g/mol. The molecule has 8 heteroatoms. The fraction of sp³-hybridized carbons (Fsp3) is 0. The summed E-state index contributed by atoms with van der Waals surface area (Å²) in [5.74, 6) is -1.10. The second-order valence-electron chi connectivity index (χ2n) is 6.01. The maximum atomic E-state index is 13.4. The van der Waals surface area contributed by atoms with E-state index in [1.54, 1.807) is 36.4 Å². The van der Waals surface area contributed by atoms with Crippen molar-refractivity contribution in [3.63, 3.8) is 0 Å². The lowest BCUT2D eigenvalue weighted by Gasteiger charge is -2.25. The van der Waals surface area contributed by atoms with Crippen molar-refractivity contribution in [2.75, 3.05) is 16.4 Å². The first kappa shape index (κ1) is 19.5. The minimum absolute atomic E-state index is 0.206. The second-order valence-corrected chi connectivity index (χ2v) is 6.82. The van der Waals surface area contributed by atoms with Gasteiger partial charge >= 0.3 is 0 Å². The van der Waals surface area contributed by atoms with E-state index in [1.807, 2.05) is 0 Å². The molecule has 0 saturated carbocycles. The van der Waals surface area contributed by atoms with E-state index < -0.39 is 11.8 Å². The number of rotatable bonds is 4. The topological polar surface area (TPSA) is 115 Å². The van der Waals surface area contributed by atoms with E-state index in [2.05, 4.69) is 0 Å². The summed E-state index contributed by atoms with van der Waals surface area (Å²) in [5, 5.41) is 0.514. The smallest absolute Gasteiger partial charge is 0.262 e. The Bertz CT molecular complexity index is 1030. The highest BCUT2D eigenvalue weighted by Crippen LogP contribution is 2.38. The number of hydrogen-bond donors (Lipinski definition) is 3. The van der Waals surface area contributed by atoms with E-state index in [1.165, 1.54) is 29.2 Å². The van der Waals surface area contributed by atoms with Crippen LogP contribution in [0.3, 0.4) is 0 Å². The first-order valence-electron chi connectivity index (χ1n) is 8.12. The SMILES string of the molecule is NC(=O)c1cccc(C(=O)N(c2ccc(N)cc2Cl)c2ccc(N)cc2Cl)c1. The molecule has 3 aromatic carbocycles. The van der Waals surface area contributed by atoms with Gasteiger partial charge in [0.15, 0.2) is 0 Å². The van der Waals surface area contributed by atoms with Crippen LogP contribution in [0.2, 0.25) is 10.0 Å². The molecule has 2 amide bonds. The van der Waals surface area contributed by atoms with Crippen LogP contribution in [0.4, 0.5) is 22.7 Å². The molecule has 0 radical (unpaired) electrons. The van der Waals surface area contributed by atoms with Gasteiger partial charge in [-0.15, -0.1) is 0 Å². The minimum Gasteiger partial charge on any atom is -0.399 e. The van der Waals surface area contributed by atoms with Crippen LogP contribution in [-0.4, -0.2) is 11.8 Å². The Balaban J connectivity index is 2.19. The minimum atomic E-state index is -0.641. The number of primary amides is 1. The number of nitrogens with zero attached hydrogens (tertiary/aromatic N) is 1. The largest absolute Gasteiger partial charge is 0.399 e. The van der Waals surface area contributed by atoms with Crippen LogP contribution < -0.4 is 22.1 Å². The molecular weight excluding hydrogens is 399 g/mol. The summed E-state index contributed by atoms with van der Waals surface area (Å²) in [7, 11) is 0. The zero-order valence-corrected chi connectivity index (χ0v) is 16.0. The van der Waals surface area contributed by atoms with E-state index in [0.717, 1.165) is 0 Å². The summed E-state index contributed by atoms with van der Waals surface area (Å²) >= 11 is 12.7. The first-order chi connectivity index (χ1) is 13.3. The Morgan fingerprint density at radius 2 is 1.25 bits per heavy atom. The van der Waals surface area contributed by atoms with Gasteiger partial charge < -0.3 is 17.2 Å². The number of carbonyl (C=O) groups is 2. The Labute approximate surface area is 171 Å². The average molecular weight is 415 g/mol. The van der Waals surface area contributed by atoms with E-state index in [9.17, 15) is 9.59 Å². The van der Waals surface area contributed by atoms with Crippen LogP contribution in [0.1, 0.15) is 20.7 Å². The highest BCUT2D eigenvalue weighted by Gasteiger charge is 2.24. The number of carbonyl (C=O) groups excluding carboxylic acids is 2. The molecule has 3 aromatic rings. The summed E-state index contributed by atoms with van der Waals surface area (Å²) in [6.45, 7) is 0. The average Bonchev–Trinajstić information content (AvgIpc) is 2.65. The summed E-state index contributed by atoms with van der Waals surface area (Å²) in [5.41, 5.74) is 19.0. The standard InChI is InChI=1S/C20H16Cl2N4O2/c21-15-9-13(23)4-6-17(15)26(18-7-5-14(24)10-16(18)22)20(28)12-3-1-2-11(8-12)19(25)27/h1-10H,23-24H2,(H2,25,27). The van der Waals surface area contributed by atoms with Crippen molar-refractivity contribution in [1.82, 2.24) is 0 Å². The van der Waals surface area contributed by atoms with Crippen molar-refractivity contribution in [2.45, 2.75) is 0 Å². The molecule has 142 valence electrons. The van der Waals surface area contributed by atoms with Gasteiger partial charge in [-0.05, 0) is 54.6 Å². The molecule has 3 rings (SSSR count). The number of amides is 2. The predicted molar refractivity (Wildman–Crippen MR) is 113 cm³/mol. The van der Waals surface area contributed by atoms with Gasteiger partial charge in [0.2, 0.25) is 5.91 Å². The molecule has 28 heavy (non-hydrogen) atoms. The Morgan fingerprint density at radius 3 is 1.71 bits per heavy atom. The molecule has 0 unspecified atom stereocenters. The third kappa shape index (κ3) is 3.88. The second kappa shape index (κ2) is 7.80. The van der Waals surface area contributed by atoms with Crippen LogP contribution in [0.15, 0.2) is 60.7 Å². The molecule has 0 heterocycles. The molecule has 0 bridgehead atoms. The van der Waals surface area contributed by atoms with Gasteiger partial charge in [0.05, 0.1) is 21.4 Å². The van der Waals surface area contributed by atoms with Crippen molar-refractivity contribution in [3.05, 3.63) is 81.8 Å². The van der Waals surface area contributed by atoms with Gasteiger partial charge in [0.1, 0.15) is 0 Å². The number of hydrogen-bond acceptors (Lipinski definition) is 4. The molecule has 0 aliphatic heterocycles. The van der Waals surface area contributed by atoms with Gasteiger partial charge in [0.25, 0.3) is 5.91 Å². The Kier molecular flexibility index (Phi) is 5.44. The molecule has 6 N–H and O–H groups in total. The molecule has 0 atom stereocenters. The number of benzene rings is 3. The Hall–Kier alpha value is -3.22. The quantitative estimate of drug-likeness (QED) is 0.553. The first-order valence-corrected chi connectivity index (χ1v) is 8.88. The van der Waals surface area contributed by atoms with Crippen LogP contribution in [0.5, 0.6) is 0 Å². The molecular formula is C20H16Cl2N4O2. The van der Waals surface area contributed by atoms with Crippen LogP contribution in [-0.2, 0) is 0 Å². The van der Waals surface area contributed by atoms with Gasteiger partial charge in [-0.1, -0.05) is 29.3 Å². The lowest BCUT2D eigenvalue weighted by molar-refractivity contribution is 0.0998.